The zero-order valence-electron chi connectivity index (χ0n) is 9.93. The van der Waals surface area contributed by atoms with E-state index in [1.807, 2.05) is 6.92 Å². The van der Waals surface area contributed by atoms with Crippen molar-refractivity contribution >= 4 is 11.6 Å². The highest BCUT2D eigenvalue weighted by molar-refractivity contribution is 5.84. The first-order valence-corrected chi connectivity index (χ1v) is 5.51. The summed E-state index contributed by atoms with van der Waals surface area (Å²) < 4.78 is 13.2. The molecule has 0 heterocycles. The van der Waals surface area contributed by atoms with E-state index in [-0.39, 0.29) is 5.69 Å². The monoisotopic (exact) mass is 248 g/mol. The lowest BCUT2D eigenvalue weighted by Crippen LogP contribution is -2.32. The van der Waals surface area contributed by atoms with Gasteiger partial charge in [-0.15, -0.1) is 0 Å². The first-order valence-electron chi connectivity index (χ1n) is 5.51. The molecule has 0 aliphatic rings. The summed E-state index contributed by atoms with van der Waals surface area (Å²) in [5.74, 6) is -1.08. The predicted molar refractivity (Wildman–Crippen MR) is 63.6 cm³/mol. The maximum atomic E-state index is 13.2. The lowest BCUT2D eigenvalue weighted by Gasteiger charge is -2.03. The molecule has 0 fully saturated rings. The molecule has 1 unspecified atom stereocenters. The number of carbonyl (C=O) groups is 1. The number of rotatable bonds is 5. The molecule has 0 spiro atoms. The zero-order valence-corrected chi connectivity index (χ0v) is 9.93. The van der Waals surface area contributed by atoms with Gasteiger partial charge in [0.05, 0.1) is 0 Å². The van der Waals surface area contributed by atoms with E-state index in [9.17, 15) is 9.18 Å². The molecule has 0 aliphatic heterocycles. The second kappa shape index (κ2) is 7.12. The Morgan fingerprint density at radius 1 is 1.56 bits per heavy atom. The molecule has 0 bridgehead atoms. The Morgan fingerprint density at radius 3 is 2.89 bits per heavy atom. The number of azo groups is 1. The standard InChI is InChI=1S/C12H13FN4O/c1-2-7-15-12(18)11(8-14)17-16-10-6-4-3-5-9(10)13/h3-6,11H,2,7H2,1H3,(H,15,18). The molecule has 94 valence electrons. The maximum Gasteiger partial charge on any atom is 0.261 e. The summed E-state index contributed by atoms with van der Waals surface area (Å²) in [4.78, 5) is 11.5. The number of carbonyl (C=O) groups excluding carboxylic acids is 1. The summed E-state index contributed by atoms with van der Waals surface area (Å²) in [6, 6.07) is 6.21. The van der Waals surface area contributed by atoms with Gasteiger partial charge in [0.1, 0.15) is 11.8 Å². The van der Waals surface area contributed by atoms with Crippen LogP contribution in [0.25, 0.3) is 0 Å². The summed E-state index contributed by atoms with van der Waals surface area (Å²) in [5.41, 5.74) is 0.000964. The zero-order chi connectivity index (χ0) is 13.4. The molecule has 0 radical (unpaired) electrons. The van der Waals surface area contributed by atoms with Gasteiger partial charge in [0, 0.05) is 6.54 Å². The van der Waals surface area contributed by atoms with Gasteiger partial charge < -0.3 is 5.32 Å². The van der Waals surface area contributed by atoms with Crippen molar-refractivity contribution in [3.63, 3.8) is 0 Å². The van der Waals surface area contributed by atoms with Crippen molar-refractivity contribution in [2.24, 2.45) is 10.2 Å². The van der Waals surface area contributed by atoms with E-state index in [0.29, 0.717) is 6.54 Å². The lowest BCUT2D eigenvalue weighted by atomic mass is 10.3. The molecule has 1 atom stereocenters. The van der Waals surface area contributed by atoms with E-state index in [1.165, 1.54) is 18.2 Å². The highest BCUT2D eigenvalue weighted by Gasteiger charge is 2.16. The molecule has 1 amide bonds. The van der Waals surface area contributed by atoms with Crippen molar-refractivity contribution in [1.29, 1.82) is 5.26 Å². The molecule has 0 aromatic heterocycles. The molecule has 1 rings (SSSR count). The largest absolute Gasteiger partial charge is 0.353 e. The van der Waals surface area contributed by atoms with Crippen molar-refractivity contribution in [2.45, 2.75) is 19.4 Å². The summed E-state index contributed by atoms with van der Waals surface area (Å²) in [7, 11) is 0. The normalized spacial score (nSPS) is 12.1. The van der Waals surface area contributed by atoms with E-state index in [4.69, 9.17) is 5.26 Å². The number of nitriles is 1. The van der Waals surface area contributed by atoms with Gasteiger partial charge in [-0.05, 0) is 18.6 Å². The van der Waals surface area contributed by atoms with Crippen molar-refractivity contribution < 1.29 is 9.18 Å². The van der Waals surface area contributed by atoms with Crippen LogP contribution in [0.4, 0.5) is 10.1 Å². The van der Waals surface area contributed by atoms with Crippen LogP contribution in [0.15, 0.2) is 34.5 Å². The van der Waals surface area contributed by atoms with Crippen molar-refractivity contribution in [2.75, 3.05) is 6.54 Å². The number of hydrogen-bond donors (Lipinski definition) is 1. The molecule has 5 nitrogen and oxygen atoms in total. The second-order valence-corrected chi connectivity index (χ2v) is 3.49. The number of benzene rings is 1. The minimum Gasteiger partial charge on any atom is -0.353 e. The smallest absolute Gasteiger partial charge is 0.261 e. The van der Waals surface area contributed by atoms with E-state index in [2.05, 4.69) is 15.5 Å². The third-order valence-corrected chi connectivity index (χ3v) is 2.05. The summed E-state index contributed by atoms with van der Waals surface area (Å²) in [6.07, 6.45) is 0.758. The van der Waals surface area contributed by atoms with Gasteiger partial charge >= 0.3 is 0 Å². The molecule has 1 aromatic rings. The average Bonchev–Trinajstić information content (AvgIpc) is 2.39. The Labute approximate surface area is 104 Å². The fraction of sp³-hybridized carbons (Fsp3) is 0.333. The van der Waals surface area contributed by atoms with Crippen LogP contribution in [0, 0.1) is 17.1 Å². The van der Waals surface area contributed by atoms with E-state index >= 15 is 0 Å². The Kier molecular flexibility index (Phi) is 5.45. The van der Waals surface area contributed by atoms with E-state index in [0.717, 1.165) is 6.42 Å². The fourth-order valence-corrected chi connectivity index (χ4v) is 1.13. The van der Waals surface area contributed by atoms with Crippen LogP contribution < -0.4 is 5.32 Å². The molecular weight excluding hydrogens is 235 g/mol. The maximum absolute atomic E-state index is 13.2. The molecular formula is C12H13FN4O. The van der Waals surface area contributed by atoms with Crippen LogP contribution in [-0.4, -0.2) is 18.5 Å². The quantitative estimate of drug-likeness (QED) is 0.812. The van der Waals surface area contributed by atoms with Gasteiger partial charge in [-0.3, -0.25) is 4.79 Å². The molecule has 1 aromatic carbocycles. The first-order chi connectivity index (χ1) is 8.69. The van der Waals surface area contributed by atoms with Gasteiger partial charge in [0.15, 0.2) is 5.82 Å². The Bertz CT molecular complexity index is 481. The van der Waals surface area contributed by atoms with E-state index in [1.54, 1.807) is 12.1 Å². The second-order valence-electron chi connectivity index (χ2n) is 3.49. The Morgan fingerprint density at radius 2 is 2.28 bits per heavy atom. The molecule has 0 saturated heterocycles. The number of halogens is 1. The number of nitrogens with zero attached hydrogens (tertiary/aromatic N) is 3. The van der Waals surface area contributed by atoms with Crippen LogP contribution >= 0.6 is 0 Å². The number of nitrogens with one attached hydrogen (secondary N) is 1. The summed E-state index contributed by atoms with van der Waals surface area (Å²) >= 11 is 0. The highest BCUT2D eigenvalue weighted by Crippen LogP contribution is 2.17. The Balaban J connectivity index is 2.72. The molecule has 6 heteroatoms. The molecule has 0 saturated carbocycles. The van der Waals surface area contributed by atoms with Gasteiger partial charge in [0.25, 0.3) is 5.91 Å². The molecule has 1 N–H and O–H groups in total. The summed E-state index contributed by atoms with van der Waals surface area (Å²) in [5, 5.41) is 18.4. The van der Waals surface area contributed by atoms with Crippen molar-refractivity contribution in [3.8, 4) is 6.07 Å². The SMILES string of the molecule is CCCNC(=O)C(C#N)N=Nc1ccccc1F. The first kappa shape index (κ1) is 13.8. The number of amides is 1. The Hall–Kier alpha value is -2.29. The lowest BCUT2D eigenvalue weighted by molar-refractivity contribution is -0.121. The average molecular weight is 248 g/mol. The van der Waals surface area contributed by atoms with Crippen LogP contribution in [0.5, 0.6) is 0 Å². The fourth-order valence-electron chi connectivity index (χ4n) is 1.13. The number of hydrogen-bond acceptors (Lipinski definition) is 4. The highest BCUT2D eigenvalue weighted by atomic mass is 19.1. The van der Waals surface area contributed by atoms with Crippen molar-refractivity contribution in [1.82, 2.24) is 5.32 Å². The predicted octanol–water partition coefficient (Wildman–Crippen LogP) is 2.33. The topological polar surface area (TPSA) is 77.6 Å². The minimum absolute atomic E-state index is 0.000964. The van der Waals surface area contributed by atoms with E-state index < -0.39 is 17.8 Å². The molecule has 18 heavy (non-hydrogen) atoms. The van der Waals surface area contributed by atoms with Crippen molar-refractivity contribution in [3.05, 3.63) is 30.1 Å². The summed E-state index contributed by atoms with van der Waals surface area (Å²) in [6.45, 7) is 2.36. The van der Waals surface area contributed by atoms with Crippen LogP contribution in [0.3, 0.4) is 0 Å². The van der Waals surface area contributed by atoms with Crippen LogP contribution in [0.1, 0.15) is 13.3 Å². The minimum atomic E-state index is -1.25. The van der Waals surface area contributed by atoms with Crippen LogP contribution in [-0.2, 0) is 4.79 Å². The third-order valence-electron chi connectivity index (χ3n) is 2.05. The van der Waals surface area contributed by atoms with Gasteiger partial charge in [-0.25, -0.2) is 4.39 Å². The van der Waals surface area contributed by atoms with Gasteiger partial charge in [-0.1, -0.05) is 19.1 Å². The third kappa shape index (κ3) is 3.94. The van der Waals surface area contributed by atoms with Gasteiger partial charge in [0.2, 0.25) is 6.04 Å². The van der Waals surface area contributed by atoms with Gasteiger partial charge in [-0.2, -0.15) is 15.5 Å². The molecule has 0 aliphatic carbocycles. The van der Waals surface area contributed by atoms with Crippen LogP contribution in [0.2, 0.25) is 0 Å².